The number of carbonyl (C=O) groups is 2. The zero-order valence-electron chi connectivity index (χ0n) is 20.7. The van der Waals surface area contributed by atoms with Crippen molar-refractivity contribution in [3.05, 3.63) is 41.7 Å². The van der Waals surface area contributed by atoms with Gasteiger partial charge in [-0.3, -0.25) is 9.59 Å². The molecule has 0 aliphatic carbocycles. The van der Waals surface area contributed by atoms with Crippen molar-refractivity contribution in [2.45, 2.75) is 70.9 Å². The van der Waals surface area contributed by atoms with Crippen LogP contribution in [0.2, 0.25) is 0 Å². The SMILES string of the molecule is Cc1cn([C@H](C(=O)N2C[C@H](O)C[C@H]2C(=O)NCc2ccccc2OC2CCNCC2)C(C)C)nn1. The summed E-state index contributed by atoms with van der Waals surface area (Å²) in [6.07, 6.45) is 3.21. The Morgan fingerprint density at radius 1 is 1.26 bits per heavy atom. The summed E-state index contributed by atoms with van der Waals surface area (Å²) in [6.45, 7) is 7.94. The molecule has 2 aromatic rings. The molecule has 0 bridgehead atoms. The van der Waals surface area contributed by atoms with Crippen molar-refractivity contribution in [1.82, 2.24) is 30.5 Å². The lowest BCUT2D eigenvalue weighted by molar-refractivity contribution is -0.142. The number of carbonyl (C=O) groups excluding carboxylic acids is 2. The number of aromatic nitrogens is 3. The minimum atomic E-state index is -0.754. The number of para-hydroxylation sites is 1. The van der Waals surface area contributed by atoms with Gasteiger partial charge in [0.1, 0.15) is 23.9 Å². The van der Waals surface area contributed by atoms with Gasteiger partial charge in [0.15, 0.2) is 0 Å². The van der Waals surface area contributed by atoms with E-state index >= 15 is 0 Å². The van der Waals surface area contributed by atoms with Crippen molar-refractivity contribution in [3.8, 4) is 5.75 Å². The van der Waals surface area contributed by atoms with Crippen LogP contribution < -0.4 is 15.4 Å². The zero-order chi connectivity index (χ0) is 24.9. The fourth-order valence-electron chi connectivity index (χ4n) is 4.84. The van der Waals surface area contributed by atoms with Gasteiger partial charge in [0.25, 0.3) is 0 Å². The molecule has 4 rings (SSSR count). The Balaban J connectivity index is 1.44. The van der Waals surface area contributed by atoms with Crippen LogP contribution in [-0.4, -0.2) is 74.7 Å². The number of nitrogens with one attached hydrogen (secondary N) is 2. The number of hydrogen-bond acceptors (Lipinski definition) is 7. The van der Waals surface area contributed by atoms with Gasteiger partial charge >= 0.3 is 0 Å². The van der Waals surface area contributed by atoms with Gasteiger partial charge < -0.3 is 25.4 Å². The van der Waals surface area contributed by atoms with E-state index in [0.29, 0.717) is 5.69 Å². The number of ether oxygens (including phenoxy) is 1. The summed E-state index contributed by atoms with van der Waals surface area (Å²) >= 11 is 0. The lowest BCUT2D eigenvalue weighted by atomic mass is 10.0. The number of likely N-dealkylation sites (tertiary alicyclic amines) is 1. The summed E-state index contributed by atoms with van der Waals surface area (Å²) < 4.78 is 7.77. The maximum atomic E-state index is 13.5. The first-order valence-corrected chi connectivity index (χ1v) is 12.4. The molecule has 190 valence electrons. The quantitative estimate of drug-likeness (QED) is 0.515. The summed E-state index contributed by atoms with van der Waals surface area (Å²) in [7, 11) is 0. The lowest BCUT2D eigenvalue weighted by Gasteiger charge is -2.29. The van der Waals surface area contributed by atoms with Crippen molar-refractivity contribution in [2.75, 3.05) is 19.6 Å². The van der Waals surface area contributed by atoms with Crippen LogP contribution in [-0.2, 0) is 16.1 Å². The van der Waals surface area contributed by atoms with Crippen LogP contribution in [0.5, 0.6) is 5.75 Å². The molecule has 1 aromatic carbocycles. The predicted octanol–water partition coefficient (Wildman–Crippen LogP) is 1.19. The van der Waals surface area contributed by atoms with Crippen molar-refractivity contribution < 1.29 is 19.4 Å². The molecule has 0 saturated carbocycles. The van der Waals surface area contributed by atoms with E-state index in [1.54, 1.807) is 10.9 Å². The van der Waals surface area contributed by atoms with Gasteiger partial charge in [-0.25, -0.2) is 4.68 Å². The molecule has 0 radical (unpaired) electrons. The third-order valence-electron chi connectivity index (χ3n) is 6.66. The highest BCUT2D eigenvalue weighted by Gasteiger charge is 2.42. The topological polar surface area (TPSA) is 122 Å². The molecular weight excluding hydrogens is 448 g/mol. The highest BCUT2D eigenvalue weighted by atomic mass is 16.5. The number of aliphatic hydroxyl groups excluding tert-OH is 1. The molecule has 2 aliphatic heterocycles. The number of aryl methyl sites for hydroxylation is 1. The maximum Gasteiger partial charge on any atom is 0.248 e. The number of rotatable bonds is 8. The van der Waals surface area contributed by atoms with E-state index in [2.05, 4.69) is 20.9 Å². The van der Waals surface area contributed by atoms with Crippen LogP contribution >= 0.6 is 0 Å². The Kier molecular flexibility index (Phi) is 8.02. The number of piperidine rings is 1. The van der Waals surface area contributed by atoms with E-state index in [0.717, 1.165) is 37.2 Å². The molecule has 10 heteroatoms. The molecular formula is C25H36N6O4. The molecule has 1 aromatic heterocycles. The van der Waals surface area contributed by atoms with Crippen LogP contribution in [0, 0.1) is 12.8 Å². The fraction of sp³-hybridized carbons (Fsp3) is 0.600. The van der Waals surface area contributed by atoms with Crippen LogP contribution in [0.1, 0.15) is 50.4 Å². The number of nitrogens with zero attached hydrogens (tertiary/aromatic N) is 4. The first-order valence-electron chi connectivity index (χ1n) is 12.4. The standard InChI is InChI=1S/C25H36N6O4/c1-16(2)23(31-14-17(3)28-29-31)25(34)30-15-19(32)12-21(30)24(33)27-13-18-6-4-5-7-22(18)35-20-8-10-26-11-9-20/h4-7,14,16,19-21,23,26,32H,8-13,15H2,1-3H3,(H,27,33)/t19-,21+,23+/m1/s1. The summed E-state index contributed by atoms with van der Waals surface area (Å²) in [5.41, 5.74) is 1.60. The molecule has 3 atom stereocenters. The molecule has 3 heterocycles. The fourth-order valence-corrected chi connectivity index (χ4v) is 4.84. The predicted molar refractivity (Wildman–Crippen MR) is 130 cm³/mol. The van der Waals surface area contributed by atoms with Gasteiger partial charge in [-0.15, -0.1) is 5.10 Å². The molecule has 10 nitrogen and oxygen atoms in total. The number of benzene rings is 1. The van der Waals surface area contributed by atoms with Gasteiger partial charge in [0.2, 0.25) is 11.8 Å². The third kappa shape index (κ3) is 5.99. The molecule has 2 amide bonds. The average molecular weight is 485 g/mol. The van der Waals surface area contributed by atoms with Crippen LogP contribution in [0.3, 0.4) is 0 Å². The van der Waals surface area contributed by atoms with E-state index in [9.17, 15) is 14.7 Å². The normalized spacial score (nSPS) is 21.8. The van der Waals surface area contributed by atoms with Crippen LogP contribution in [0.4, 0.5) is 0 Å². The van der Waals surface area contributed by atoms with Crippen LogP contribution in [0.15, 0.2) is 30.5 Å². The molecule has 3 N–H and O–H groups in total. The van der Waals surface area contributed by atoms with Gasteiger partial charge in [-0.1, -0.05) is 37.3 Å². The number of hydrogen-bond donors (Lipinski definition) is 3. The summed E-state index contributed by atoms with van der Waals surface area (Å²) in [5, 5.41) is 24.7. The average Bonchev–Trinajstić information content (AvgIpc) is 3.44. The molecule has 2 fully saturated rings. The lowest BCUT2D eigenvalue weighted by Crippen LogP contribution is -2.49. The Bertz CT molecular complexity index is 1020. The van der Waals surface area contributed by atoms with Crippen molar-refractivity contribution in [3.63, 3.8) is 0 Å². The monoisotopic (exact) mass is 484 g/mol. The maximum absolute atomic E-state index is 13.5. The van der Waals surface area contributed by atoms with Crippen LogP contribution in [0.25, 0.3) is 0 Å². The number of aliphatic hydroxyl groups is 1. The second-order valence-electron chi connectivity index (χ2n) is 9.82. The Morgan fingerprint density at radius 2 is 2.00 bits per heavy atom. The van der Waals surface area contributed by atoms with Gasteiger partial charge in [-0.2, -0.15) is 0 Å². The first-order chi connectivity index (χ1) is 16.8. The summed E-state index contributed by atoms with van der Waals surface area (Å²) in [5.74, 6) is 0.171. The highest BCUT2D eigenvalue weighted by Crippen LogP contribution is 2.27. The van der Waals surface area contributed by atoms with Gasteiger partial charge in [-0.05, 0) is 44.8 Å². The Hall–Kier alpha value is -2.98. The summed E-state index contributed by atoms with van der Waals surface area (Å²) in [4.78, 5) is 28.2. The Labute approximate surface area is 206 Å². The van der Waals surface area contributed by atoms with Crippen molar-refractivity contribution in [2.24, 2.45) is 5.92 Å². The van der Waals surface area contributed by atoms with Crippen molar-refractivity contribution in [1.29, 1.82) is 0 Å². The minimum absolute atomic E-state index is 0.0657. The van der Waals surface area contributed by atoms with E-state index in [-0.39, 0.29) is 43.3 Å². The molecule has 0 spiro atoms. The van der Waals surface area contributed by atoms with Crippen molar-refractivity contribution >= 4 is 11.8 Å². The molecule has 2 saturated heterocycles. The smallest absolute Gasteiger partial charge is 0.248 e. The second kappa shape index (κ2) is 11.2. The van der Waals surface area contributed by atoms with Gasteiger partial charge in [0.05, 0.1) is 11.8 Å². The third-order valence-corrected chi connectivity index (χ3v) is 6.66. The van der Waals surface area contributed by atoms with Gasteiger partial charge in [0, 0.05) is 31.3 Å². The molecule has 2 aliphatic rings. The second-order valence-corrected chi connectivity index (χ2v) is 9.82. The first kappa shape index (κ1) is 25.1. The van der Waals surface area contributed by atoms with E-state index in [4.69, 9.17) is 4.74 Å². The molecule has 0 unspecified atom stereocenters. The number of amides is 2. The largest absolute Gasteiger partial charge is 0.490 e. The Morgan fingerprint density at radius 3 is 2.69 bits per heavy atom. The zero-order valence-corrected chi connectivity index (χ0v) is 20.7. The van der Waals surface area contributed by atoms with E-state index in [1.165, 1.54) is 4.90 Å². The van der Waals surface area contributed by atoms with E-state index in [1.807, 2.05) is 45.0 Å². The minimum Gasteiger partial charge on any atom is -0.490 e. The summed E-state index contributed by atoms with van der Waals surface area (Å²) in [6, 6.07) is 6.35. The van der Waals surface area contributed by atoms with E-state index < -0.39 is 18.2 Å². The molecule has 35 heavy (non-hydrogen) atoms. The number of β-amino-alcohol motifs (C(OH)–C–C–N with tert-alkyl or cyclic N) is 1. The highest BCUT2D eigenvalue weighted by molar-refractivity contribution is 5.90.